The Bertz CT molecular complexity index is 482. The minimum absolute atomic E-state index is 0.631. The molecule has 4 heteroatoms. The zero-order chi connectivity index (χ0) is 11.0. The van der Waals surface area contributed by atoms with Crippen molar-refractivity contribution >= 4 is 16.5 Å². The van der Waals surface area contributed by atoms with Crippen molar-refractivity contribution in [2.75, 3.05) is 5.73 Å². The average Bonchev–Trinajstić information content (AvgIpc) is 2.71. The van der Waals surface area contributed by atoms with Gasteiger partial charge in [-0.25, -0.2) is 4.98 Å². The number of nitrogens with zero attached hydrogens (tertiary/aromatic N) is 2. The van der Waals surface area contributed by atoms with Crippen molar-refractivity contribution in [1.29, 1.82) is 0 Å². The van der Waals surface area contributed by atoms with Crippen molar-refractivity contribution in [3.05, 3.63) is 22.8 Å². The van der Waals surface area contributed by atoms with E-state index in [1.807, 2.05) is 5.38 Å². The van der Waals surface area contributed by atoms with E-state index in [1.54, 1.807) is 0 Å². The molecule has 2 aromatic heterocycles. The second-order valence-electron chi connectivity index (χ2n) is 3.60. The fraction of sp³-hybridized carbons (Fsp3) is 0.364. The van der Waals surface area contributed by atoms with E-state index in [-0.39, 0.29) is 0 Å². The second-order valence-corrected chi connectivity index (χ2v) is 4.49. The summed E-state index contributed by atoms with van der Waals surface area (Å²) in [7, 11) is 0. The number of thiazole rings is 1. The SMILES string of the molecule is CCn1c(C)cc(-c2csc(N)n2)c1C. The van der Waals surface area contributed by atoms with Crippen LogP contribution in [0.4, 0.5) is 5.13 Å². The van der Waals surface area contributed by atoms with Gasteiger partial charge in [-0.05, 0) is 26.8 Å². The Morgan fingerprint density at radius 1 is 1.47 bits per heavy atom. The molecule has 0 unspecified atom stereocenters. The number of aryl methyl sites for hydroxylation is 1. The van der Waals surface area contributed by atoms with E-state index in [0.29, 0.717) is 5.13 Å². The molecule has 0 saturated carbocycles. The molecule has 2 aromatic rings. The first-order valence-electron chi connectivity index (χ1n) is 5.01. The van der Waals surface area contributed by atoms with E-state index in [9.17, 15) is 0 Å². The van der Waals surface area contributed by atoms with Crippen molar-refractivity contribution in [3.63, 3.8) is 0 Å². The van der Waals surface area contributed by atoms with Gasteiger partial charge in [0.2, 0.25) is 0 Å². The van der Waals surface area contributed by atoms with Gasteiger partial charge in [-0.15, -0.1) is 11.3 Å². The van der Waals surface area contributed by atoms with Gasteiger partial charge >= 0.3 is 0 Å². The summed E-state index contributed by atoms with van der Waals surface area (Å²) in [6.45, 7) is 7.40. The molecule has 2 N–H and O–H groups in total. The molecule has 0 radical (unpaired) electrons. The minimum Gasteiger partial charge on any atom is -0.375 e. The zero-order valence-corrected chi connectivity index (χ0v) is 10.1. The maximum atomic E-state index is 5.64. The van der Waals surface area contributed by atoms with Gasteiger partial charge < -0.3 is 10.3 Å². The number of nitrogens with two attached hydrogens (primary N) is 1. The lowest BCUT2D eigenvalue weighted by Crippen LogP contribution is -1.98. The Kier molecular flexibility index (Phi) is 2.52. The molecule has 0 aliphatic rings. The highest BCUT2D eigenvalue weighted by Gasteiger charge is 2.11. The molecule has 0 bridgehead atoms. The van der Waals surface area contributed by atoms with Gasteiger partial charge in [0.05, 0.1) is 5.69 Å². The van der Waals surface area contributed by atoms with Gasteiger partial charge in [0.15, 0.2) is 5.13 Å². The average molecular weight is 221 g/mol. The molecule has 15 heavy (non-hydrogen) atoms. The third-order valence-corrected chi connectivity index (χ3v) is 3.36. The quantitative estimate of drug-likeness (QED) is 0.847. The molecule has 0 atom stereocenters. The molecule has 0 spiro atoms. The van der Waals surface area contributed by atoms with Gasteiger partial charge in [0.1, 0.15) is 0 Å². The standard InChI is InChI=1S/C11H15N3S/c1-4-14-7(2)5-9(8(14)3)10-6-15-11(12)13-10/h5-6H,4H2,1-3H3,(H2,12,13). The number of anilines is 1. The van der Waals surface area contributed by atoms with Crippen LogP contribution in [-0.4, -0.2) is 9.55 Å². The van der Waals surface area contributed by atoms with Crippen LogP contribution < -0.4 is 5.73 Å². The normalized spacial score (nSPS) is 10.9. The first kappa shape index (κ1) is 10.2. The third kappa shape index (κ3) is 1.65. The zero-order valence-electron chi connectivity index (χ0n) is 9.24. The van der Waals surface area contributed by atoms with Gasteiger partial charge in [0.25, 0.3) is 0 Å². The Balaban J connectivity index is 2.54. The van der Waals surface area contributed by atoms with E-state index in [2.05, 4.69) is 36.4 Å². The molecule has 0 aliphatic heterocycles. The van der Waals surface area contributed by atoms with Crippen LogP contribution >= 0.6 is 11.3 Å². The summed E-state index contributed by atoms with van der Waals surface area (Å²) >= 11 is 1.49. The highest BCUT2D eigenvalue weighted by Crippen LogP contribution is 2.28. The summed E-state index contributed by atoms with van der Waals surface area (Å²) in [4.78, 5) is 4.31. The maximum absolute atomic E-state index is 5.64. The van der Waals surface area contributed by atoms with E-state index in [0.717, 1.165) is 12.2 Å². The number of hydrogen-bond acceptors (Lipinski definition) is 3. The molecule has 3 nitrogen and oxygen atoms in total. The summed E-state index contributed by atoms with van der Waals surface area (Å²) < 4.78 is 2.28. The van der Waals surface area contributed by atoms with Gasteiger partial charge in [-0.2, -0.15) is 0 Å². The minimum atomic E-state index is 0.631. The fourth-order valence-electron chi connectivity index (χ4n) is 1.96. The van der Waals surface area contributed by atoms with Crippen molar-refractivity contribution in [2.24, 2.45) is 0 Å². The molecular weight excluding hydrogens is 206 g/mol. The maximum Gasteiger partial charge on any atom is 0.180 e. The lowest BCUT2D eigenvalue weighted by atomic mass is 10.2. The molecule has 0 saturated heterocycles. The van der Waals surface area contributed by atoms with E-state index < -0.39 is 0 Å². The smallest absolute Gasteiger partial charge is 0.180 e. The van der Waals surface area contributed by atoms with Crippen LogP contribution in [0.1, 0.15) is 18.3 Å². The molecule has 0 aliphatic carbocycles. The van der Waals surface area contributed by atoms with E-state index in [1.165, 1.54) is 28.3 Å². The van der Waals surface area contributed by atoms with Crippen LogP contribution in [0.2, 0.25) is 0 Å². The van der Waals surface area contributed by atoms with Crippen LogP contribution in [0, 0.1) is 13.8 Å². The molecule has 0 fully saturated rings. The molecule has 2 heterocycles. The van der Waals surface area contributed by atoms with E-state index in [4.69, 9.17) is 5.73 Å². The number of aromatic nitrogens is 2. The molecule has 0 amide bonds. The first-order chi connectivity index (χ1) is 7.13. The van der Waals surface area contributed by atoms with Crippen molar-refractivity contribution < 1.29 is 0 Å². The fourth-order valence-corrected chi connectivity index (χ4v) is 2.52. The molecule has 80 valence electrons. The number of nitrogen functional groups attached to an aromatic ring is 1. The van der Waals surface area contributed by atoms with Gasteiger partial charge in [-0.1, -0.05) is 0 Å². The Hall–Kier alpha value is -1.29. The molecular formula is C11H15N3S. The topological polar surface area (TPSA) is 43.8 Å². The van der Waals surface area contributed by atoms with Crippen molar-refractivity contribution in [3.8, 4) is 11.3 Å². The molecule has 0 aromatic carbocycles. The van der Waals surface area contributed by atoms with Crippen molar-refractivity contribution in [2.45, 2.75) is 27.3 Å². The Labute approximate surface area is 93.6 Å². The first-order valence-corrected chi connectivity index (χ1v) is 5.89. The van der Waals surface area contributed by atoms with Crippen LogP contribution in [-0.2, 0) is 6.54 Å². The summed E-state index contributed by atoms with van der Waals surface area (Å²) in [5, 5.41) is 2.64. The van der Waals surface area contributed by atoms with E-state index >= 15 is 0 Å². The number of rotatable bonds is 2. The lowest BCUT2D eigenvalue weighted by molar-refractivity contribution is 0.719. The third-order valence-electron chi connectivity index (χ3n) is 2.69. The summed E-state index contributed by atoms with van der Waals surface area (Å²) in [5.41, 5.74) is 10.4. The predicted molar refractivity (Wildman–Crippen MR) is 65.1 cm³/mol. The van der Waals surface area contributed by atoms with Gasteiger partial charge in [0, 0.05) is 28.9 Å². The lowest BCUT2D eigenvalue weighted by Gasteiger charge is -2.04. The van der Waals surface area contributed by atoms with Gasteiger partial charge in [-0.3, -0.25) is 0 Å². The Morgan fingerprint density at radius 2 is 2.20 bits per heavy atom. The van der Waals surface area contributed by atoms with Crippen LogP contribution in [0.15, 0.2) is 11.4 Å². The largest absolute Gasteiger partial charge is 0.375 e. The predicted octanol–water partition coefficient (Wildman–Crippen LogP) is 2.83. The Morgan fingerprint density at radius 3 is 2.67 bits per heavy atom. The highest BCUT2D eigenvalue weighted by atomic mass is 32.1. The van der Waals surface area contributed by atoms with Crippen molar-refractivity contribution in [1.82, 2.24) is 9.55 Å². The summed E-state index contributed by atoms with van der Waals surface area (Å²) in [6.07, 6.45) is 0. The highest BCUT2D eigenvalue weighted by molar-refractivity contribution is 7.13. The van der Waals surface area contributed by atoms with Crippen LogP contribution in [0.3, 0.4) is 0 Å². The van der Waals surface area contributed by atoms with Crippen LogP contribution in [0.25, 0.3) is 11.3 Å². The summed E-state index contributed by atoms with van der Waals surface area (Å²) in [5.74, 6) is 0. The molecule has 2 rings (SSSR count). The van der Waals surface area contributed by atoms with Crippen LogP contribution in [0.5, 0.6) is 0 Å². The monoisotopic (exact) mass is 221 g/mol. The second kappa shape index (κ2) is 3.70. The number of hydrogen-bond donors (Lipinski definition) is 1. The summed E-state index contributed by atoms with van der Waals surface area (Å²) in [6, 6.07) is 2.17.